The van der Waals surface area contributed by atoms with Crippen LogP contribution in [0.5, 0.6) is 5.75 Å². The average Bonchev–Trinajstić information content (AvgIpc) is 3.00. The molecule has 2 amide bonds. The molecule has 0 spiro atoms. The molecule has 0 heterocycles. The lowest BCUT2D eigenvalue weighted by atomic mass is 10.1. The van der Waals surface area contributed by atoms with Crippen LogP contribution < -0.4 is 14.4 Å². The lowest BCUT2D eigenvalue weighted by Gasteiger charge is -2.34. The predicted octanol–water partition coefficient (Wildman–Crippen LogP) is 6.79. The van der Waals surface area contributed by atoms with E-state index in [-0.39, 0.29) is 51.1 Å². The van der Waals surface area contributed by atoms with Gasteiger partial charge in [0.2, 0.25) is 11.8 Å². The Bertz CT molecular complexity index is 1700. The molecule has 15 heteroatoms. The molecule has 2 atom stereocenters. The molecule has 3 aromatic carbocycles. The highest BCUT2D eigenvalue weighted by molar-refractivity contribution is 7.92. The molecule has 0 saturated heterocycles. The summed E-state index contributed by atoms with van der Waals surface area (Å²) in [5.41, 5.74) is 0.0817. The average molecular weight is 714 g/mol. The number of ether oxygens (including phenoxy) is 1. The van der Waals surface area contributed by atoms with E-state index in [1.54, 1.807) is 25.1 Å². The summed E-state index contributed by atoms with van der Waals surface area (Å²) in [6.07, 6.45) is 0.809. The molecule has 0 bridgehead atoms. The third-order valence-electron chi connectivity index (χ3n) is 7.43. The number of sulfonamides is 1. The molecule has 0 unspecified atom stereocenters. The number of carbonyl (C=O) groups excluding carboxylic acids is 2. The van der Waals surface area contributed by atoms with Gasteiger partial charge in [-0.05, 0) is 63.1 Å². The number of amides is 2. The molecule has 0 aliphatic carbocycles. The van der Waals surface area contributed by atoms with Gasteiger partial charge in [-0.3, -0.25) is 24.0 Å². The summed E-state index contributed by atoms with van der Waals surface area (Å²) in [6, 6.07) is 11.2. The van der Waals surface area contributed by atoms with E-state index in [2.05, 4.69) is 5.32 Å². The molecule has 0 saturated carbocycles. The Hall–Kier alpha value is -3.58. The molecular weight excluding hydrogens is 679 g/mol. The van der Waals surface area contributed by atoms with E-state index < -0.39 is 49.9 Å². The zero-order valence-corrected chi connectivity index (χ0v) is 29.0. The Morgan fingerprint density at radius 2 is 1.67 bits per heavy atom. The molecule has 3 rings (SSSR count). The number of rotatable bonds is 14. The summed E-state index contributed by atoms with van der Waals surface area (Å²) in [6.45, 7) is 5.85. The third kappa shape index (κ3) is 8.41. The molecule has 0 aliphatic rings. The van der Waals surface area contributed by atoms with Crippen LogP contribution >= 0.6 is 34.8 Å². The second-order valence-electron chi connectivity index (χ2n) is 10.5. The van der Waals surface area contributed by atoms with Gasteiger partial charge in [-0.2, -0.15) is 0 Å². The van der Waals surface area contributed by atoms with Crippen molar-refractivity contribution < 1.29 is 27.7 Å². The van der Waals surface area contributed by atoms with Crippen molar-refractivity contribution in [3.8, 4) is 5.75 Å². The van der Waals surface area contributed by atoms with E-state index in [9.17, 15) is 28.1 Å². The number of hydrogen-bond acceptors (Lipinski definition) is 7. The Balaban J connectivity index is 2.23. The monoisotopic (exact) mass is 712 g/mol. The molecular formula is C31H35Cl3N4O7S. The molecule has 248 valence electrons. The molecule has 0 radical (unpaired) electrons. The van der Waals surface area contributed by atoms with Crippen molar-refractivity contribution in [1.82, 2.24) is 10.2 Å². The number of methoxy groups -OCH3 is 1. The minimum atomic E-state index is -4.68. The molecule has 0 aliphatic heterocycles. The van der Waals surface area contributed by atoms with Crippen LogP contribution in [-0.4, -0.2) is 55.8 Å². The quantitative estimate of drug-likeness (QED) is 0.143. The van der Waals surface area contributed by atoms with Crippen LogP contribution in [0.3, 0.4) is 0 Å². The number of halogens is 3. The maximum atomic E-state index is 14.4. The van der Waals surface area contributed by atoms with Gasteiger partial charge in [-0.1, -0.05) is 60.8 Å². The SMILES string of the molecule is CC[C@@H](C)NC(=O)[C@@H](CC)N(Cc1c(Cl)cccc1Cl)C(=O)CN(c1cc(Cl)ccc1OC)S(=O)(=O)c1ccc(C)c([N+](=O)[O-])c1. The number of nitro groups is 1. The van der Waals surface area contributed by atoms with Gasteiger partial charge in [0.1, 0.15) is 18.3 Å². The standard InChI is InChI=1S/C31H35Cl3N4O7S/c1-6-20(4)35-31(40)26(7-2)36(17-23-24(33)9-8-10-25(23)34)30(39)18-37(28-15-21(32)12-14-29(28)45-5)46(43,44)22-13-11-19(3)27(16-22)38(41)42/h8-16,20,26H,6-7,17-18H2,1-5H3,(H,35,40)/t20-,26-/m1/s1. The fraction of sp³-hybridized carbons (Fsp3) is 0.355. The highest BCUT2D eigenvalue weighted by Gasteiger charge is 2.36. The third-order valence-corrected chi connectivity index (χ3v) is 10.1. The lowest BCUT2D eigenvalue weighted by molar-refractivity contribution is -0.385. The molecule has 46 heavy (non-hydrogen) atoms. The number of nitrogens with zero attached hydrogens (tertiary/aromatic N) is 3. The van der Waals surface area contributed by atoms with Crippen LogP contribution in [0.15, 0.2) is 59.5 Å². The van der Waals surface area contributed by atoms with Crippen LogP contribution in [-0.2, 0) is 26.2 Å². The van der Waals surface area contributed by atoms with Gasteiger partial charge < -0.3 is 15.0 Å². The first-order valence-corrected chi connectivity index (χ1v) is 16.9. The van der Waals surface area contributed by atoms with Crippen molar-refractivity contribution in [2.24, 2.45) is 0 Å². The molecule has 0 fully saturated rings. The van der Waals surface area contributed by atoms with Crippen molar-refractivity contribution in [2.75, 3.05) is 18.0 Å². The van der Waals surface area contributed by atoms with Gasteiger partial charge in [0.15, 0.2) is 0 Å². The maximum absolute atomic E-state index is 14.4. The zero-order chi connectivity index (χ0) is 34.3. The van der Waals surface area contributed by atoms with Crippen molar-refractivity contribution >= 4 is 68.0 Å². The largest absolute Gasteiger partial charge is 0.495 e. The number of benzene rings is 3. The van der Waals surface area contributed by atoms with Gasteiger partial charge in [0, 0.05) is 44.8 Å². The Morgan fingerprint density at radius 3 is 2.24 bits per heavy atom. The van der Waals surface area contributed by atoms with Crippen LogP contribution in [0.2, 0.25) is 15.1 Å². The van der Waals surface area contributed by atoms with E-state index in [4.69, 9.17) is 39.5 Å². The predicted molar refractivity (Wildman–Crippen MR) is 179 cm³/mol. The van der Waals surface area contributed by atoms with Gasteiger partial charge in [0.05, 0.1) is 22.6 Å². The fourth-order valence-electron chi connectivity index (χ4n) is 4.66. The topological polar surface area (TPSA) is 139 Å². The van der Waals surface area contributed by atoms with Gasteiger partial charge in [-0.25, -0.2) is 8.42 Å². The number of anilines is 1. The minimum absolute atomic E-state index is 0.0599. The second kappa shape index (κ2) is 15.8. The van der Waals surface area contributed by atoms with E-state index in [1.807, 2.05) is 13.8 Å². The Kier molecular flexibility index (Phi) is 12.7. The number of aryl methyl sites for hydroxylation is 1. The zero-order valence-electron chi connectivity index (χ0n) is 25.9. The smallest absolute Gasteiger partial charge is 0.273 e. The first-order valence-electron chi connectivity index (χ1n) is 14.3. The maximum Gasteiger partial charge on any atom is 0.273 e. The first-order chi connectivity index (χ1) is 21.7. The summed E-state index contributed by atoms with van der Waals surface area (Å²) in [7, 11) is -3.37. The number of carbonyl (C=O) groups is 2. The number of nitrogens with one attached hydrogen (secondary N) is 1. The van der Waals surface area contributed by atoms with Crippen LogP contribution in [0, 0.1) is 17.0 Å². The van der Waals surface area contributed by atoms with Gasteiger partial charge >= 0.3 is 0 Å². The van der Waals surface area contributed by atoms with Crippen LogP contribution in [0.1, 0.15) is 44.7 Å². The van der Waals surface area contributed by atoms with E-state index in [1.165, 1.54) is 49.3 Å². The molecule has 1 N–H and O–H groups in total. The lowest BCUT2D eigenvalue weighted by Crippen LogP contribution is -2.53. The first kappa shape index (κ1) is 36.9. The highest BCUT2D eigenvalue weighted by Crippen LogP contribution is 2.36. The van der Waals surface area contributed by atoms with Gasteiger partial charge in [-0.15, -0.1) is 0 Å². The Morgan fingerprint density at radius 1 is 1.02 bits per heavy atom. The second-order valence-corrected chi connectivity index (χ2v) is 13.6. The van der Waals surface area contributed by atoms with E-state index in [0.29, 0.717) is 12.0 Å². The molecule has 0 aromatic heterocycles. The van der Waals surface area contributed by atoms with Crippen molar-refractivity contribution in [3.05, 3.63) is 90.9 Å². The number of nitro benzene ring substituents is 1. The highest BCUT2D eigenvalue weighted by atomic mass is 35.5. The van der Waals surface area contributed by atoms with Crippen LogP contribution in [0.4, 0.5) is 11.4 Å². The minimum Gasteiger partial charge on any atom is -0.495 e. The van der Waals surface area contributed by atoms with Crippen molar-refractivity contribution in [3.63, 3.8) is 0 Å². The van der Waals surface area contributed by atoms with Gasteiger partial charge in [0.25, 0.3) is 15.7 Å². The van der Waals surface area contributed by atoms with Crippen molar-refractivity contribution in [2.45, 2.75) is 64.1 Å². The van der Waals surface area contributed by atoms with E-state index >= 15 is 0 Å². The summed E-state index contributed by atoms with van der Waals surface area (Å²) < 4.78 is 34.8. The molecule has 11 nitrogen and oxygen atoms in total. The van der Waals surface area contributed by atoms with E-state index in [0.717, 1.165) is 10.4 Å². The normalized spacial score (nSPS) is 12.6. The summed E-state index contributed by atoms with van der Waals surface area (Å²) in [5.74, 6) is -1.17. The number of hydrogen-bond donors (Lipinski definition) is 1. The fourth-order valence-corrected chi connectivity index (χ4v) is 6.78. The van der Waals surface area contributed by atoms with Crippen LogP contribution in [0.25, 0.3) is 0 Å². The summed E-state index contributed by atoms with van der Waals surface area (Å²) in [5, 5.41) is 15.2. The Labute approximate surface area is 283 Å². The summed E-state index contributed by atoms with van der Waals surface area (Å²) in [4.78, 5) is 39.7. The summed E-state index contributed by atoms with van der Waals surface area (Å²) >= 11 is 19.2. The van der Waals surface area contributed by atoms with Crippen molar-refractivity contribution in [1.29, 1.82) is 0 Å². The molecule has 3 aromatic rings.